The van der Waals surface area contributed by atoms with Gasteiger partial charge in [0.25, 0.3) is 0 Å². The van der Waals surface area contributed by atoms with E-state index in [2.05, 4.69) is 11.9 Å². The van der Waals surface area contributed by atoms with Crippen molar-refractivity contribution in [1.82, 2.24) is 9.88 Å². The van der Waals surface area contributed by atoms with Crippen LogP contribution in [0.3, 0.4) is 0 Å². The Balaban J connectivity index is 1.60. The number of fused-ring (bicyclic) bond motifs is 1. The summed E-state index contributed by atoms with van der Waals surface area (Å²) >= 11 is 0. The number of para-hydroxylation sites is 1. The number of amides is 1. The van der Waals surface area contributed by atoms with E-state index in [1.54, 1.807) is 18.5 Å². The first-order chi connectivity index (χ1) is 12.8. The van der Waals surface area contributed by atoms with E-state index in [1.165, 1.54) is 0 Å². The molecule has 3 aromatic rings. The number of furan rings is 1. The van der Waals surface area contributed by atoms with Crippen molar-refractivity contribution in [2.24, 2.45) is 0 Å². The van der Waals surface area contributed by atoms with Crippen molar-refractivity contribution in [2.45, 2.75) is 32.2 Å². The van der Waals surface area contributed by atoms with Crippen molar-refractivity contribution in [3.05, 3.63) is 71.8 Å². The van der Waals surface area contributed by atoms with Crippen LogP contribution in [0.4, 0.5) is 0 Å². The number of aryl methyl sites for hydroxylation is 1. The summed E-state index contributed by atoms with van der Waals surface area (Å²) in [5, 5.41) is 1.06. The molecule has 4 rings (SSSR count). The van der Waals surface area contributed by atoms with Gasteiger partial charge >= 0.3 is 0 Å². The lowest BCUT2D eigenvalue weighted by molar-refractivity contribution is -0.126. The minimum atomic E-state index is 0.0525. The van der Waals surface area contributed by atoms with Crippen molar-refractivity contribution in [3.8, 4) is 0 Å². The van der Waals surface area contributed by atoms with E-state index in [9.17, 15) is 4.79 Å². The summed E-state index contributed by atoms with van der Waals surface area (Å²) in [5.74, 6) is 0.971. The Kier molecular flexibility index (Phi) is 4.57. The summed E-state index contributed by atoms with van der Waals surface area (Å²) in [4.78, 5) is 18.9. The molecule has 132 valence electrons. The normalized spacial score (nSPS) is 17.4. The van der Waals surface area contributed by atoms with Crippen LogP contribution >= 0.6 is 0 Å². The van der Waals surface area contributed by atoms with Crippen LogP contribution in [0.25, 0.3) is 17.0 Å². The number of pyridine rings is 1. The van der Waals surface area contributed by atoms with Gasteiger partial charge in [0.1, 0.15) is 11.3 Å². The average molecular weight is 346 g/mol. The molecule has 4 nitrogen and oxygen atoms in total. The van der Waals surface area contributed by atoms with Crippen LogP contribution in [-0.2, 0) is 11.2 Å². The molecule has 26 heavy (non-hydrogen) atoms. The third-order valence-electron chi connectivity index (χ3n) is 5.05. The van der Waals surface area contributed by atoms with Gasteiger partial charge in [0.05, 0.1) is 6.04 Å². The molecule has 0 N–H and O–H groups in total. The molecule has 1 aliphatic rings. The molecule has 0 bridgehead atoms. The Morgan fingerprint density at radius 1 is 1.27 bits per heavy atom. The minimum absolute atomic E-state index is 0.0525. The second kappa shape index (κ2) is 7.16. The number of hydrogen-bond acceptors (Lipinski definition) is 3. The molecule has 1 saturated heterocycles. The summed E-state index contributed by atoms with van der Waals surface area (Å²) in [7, 11) is 0. The molecule has 4 heteroatoms. The maximum atomic E-state index is 12.9. The Labute approximate surface area is 153 Å². The molecule has 0 aliphatic carbocycles. The van der Waals surface area contributed by atoms with Crippen LogP contribution in [0, 0.1) is 0 Å². The summed E-state index contributed by atoms with van der Waals surface area (Å²) in [6.45, 7) is 2.86. The van der Waals surface area contributed by atoms with Crippen LogP contribution < -0.4 is 0 Å². The van der Waals surface area contributed by atoms with Gasteiger partial charge in [-0.25, -0.2) is 0 Å². The second-order valence-corrected chi connectivity index (χ2v) is 6.59. The van der Waals surface area contributed by atoms with Crippen LogP contribution in [0.1, 0.15) is 42.7 Å². The van der Waals surface area contributed by atoms with Crippen LogP contribution in [0.15, 0.2) is 59.3 Å². The van der Waals surface area contributed by atoms with Crippen LogP contribution in [0.5, 0.6) is 0 Å². The second-order valence-electron chi connectivity index (χ2n) is 6.59. The number of carbonyl (C=O) groups is 1. The molecule has 2 aromatic heterocycles. The van der Waals surface area contributed by atoms with E-state index in [0.29, 0.717) is 0 Å². The predicted molar refractivity (Wildman–Crippen MR) is 103 cm³/mol. The van der Waals surface area contributed by atoms with E-state index >= 15 is 0 Å². The minimum Gasteiger partial charge on any atom is -0.460 e. The smallest absolute Gasteiger partial charge is 0.247 e. The van der Waals surface area contributed by atoms with E-state index in [-0.39, 0.29) is 11.9 Å². The van der Waals surface area contributed by atoms with E-state index in [0.717, 1.165) is 53.7 Å². The van der Waals surface area contributed by atoms with E-state index in [1.807, 2.05) is 47.4 Å². The largest absolute Gasteiger partial charge is 0.460 e. The molecular weight excluding hydrogens is 324 g/mol. The van der Waals surface area contributed by atoms with E-state index in [4.69, 9.17) is 4.42 Å². The average Bonchev–Trinajstić information content (AvgIpc) is 3.31. The standard InChI is InChI=1S/C22H22N2O2/c1-2-20-18(17-6-3-4-8-21(17)26-20)9-10-22(25)24-15-5-7-19(24)16-11-13-23-14-12-16/h3-4,6,8-14,19H,2,5,7,15H2,1H3/b10-9+/t19-/m0/s1. The molecule has 3 heterocycles. The molecule has 1 aromatic carbocycles. The van der Waals surface area contributed by atoms with Gasteiger partial charge in [0, 0.05) is 42.4 Å². The highest BCUT2D eigenvalue weighted by molar-refractivity contribution is 5.96. The SMILES string of the molecule is CCc1oc2ccccc2c1/C=C/C(=O)N1CCC[C@H]1c1ccncc1. The van der Waals surface area contributed by atoms with Gasteiger partial charge in [-0.1, -0.05) is 25.1 Å². The molecule has 0 radical (unpaired) electrons. The Bertz CT molecular complexity index is 943. The molecular formula is C22H22N2O2. The Morgan fingerprint density at radius 2 is 2.08 bits per heavy atom. The number of benzene rings is 1. The number of nitrogens with zero attached hydrogens (tertiary/aromatic N) is 2. The highest BCUT2D eigenvalue weighted by atomic mass is 16.3. The lowest BCUT2D eigenvalue weighted by atomic mass is 10.1. The first-order valence-corrected chi connectivity index (χ1v) is 9.17. The third-order valence-corrected chi connectivity index (χ3v) is 5.05. The molecule has 1 aliphatic heterocycles. The number of rotatable bonds is 4. The van der Waals surface area contributed by atoms with Crippen molar-refractivity contribution in [2.75, 3.05) is 6.54 Å². The number of likely N-dealkylation sites (tertiary alicyclic amines) is 1. The monoisotopic (exact) mass is 346 g/mol. The fourth-order valence-electron chi connectivity index (χ4n) is 3.77. The topological polar surface area (TPSA) is 46.3 Å². The number of hydrogen-bond donors (Lipinski definition) is 0. The highest BCUT2D eigenvalue weighted by Crippen LogP contribution is 2.32. The Hall–Kier alpha value is -2.88. The van der Waals surface area contributed by atoms with Gasteiger partial charge in [-0.3, -0.25) is 9.78 Å². The summed E-state index contributed by atoms with van der Waals surface area (Å²) in [6, 6.07) is 12.1. The number of carbonyl (C=O) groups excluding carboxylic acids is 1. The summed E-state index contributed by atoms with van der Waals surface area (Å²) in [5.41, 5.74) is 3.03. The number of aromatic nitrogens is 1. The van der Waals surface area contributed by atoms with Crippen molar-refractivity contribution in [1.29, 1.82) is 0 Å². The quantitative estimate of drug-likeness (QED) is 0.640. The van der Waals surface area contributed by atoms with Gasteiger partial charge < -0.3 is 9.32 Å². The zero-order valence-corrected chi connectivity index (χ0v) is 14.9. The zero-order chi connectivity index (χ0) is 17.9. The van der Waals surface area contributed by atoms with Crippen molar-refractivity contribution < 1.29 is 9.21 Å². The first kappa shape index (κ1) is 16.6. The highest BCUT2D eigenvalue weighted by Gasteiger charge is 2.28. The predicted octanol–water partition coefficient (Wildman–Crippen LogP) is 4.77. The maximum absolute atomic E-state index is 12.9. The van der Waals surface area contributed by atoms with Gasteiger partial charge in [0.15, 0.2) is 0 Å². The van der Waals surface area contributed by atoms with Gasteiger partial charge in [-0.15, -0.1) is 0 Å². The fraction of sp³-hybridized carbons (Fsp3) is 0.273. The summed E-state index contributed by atoms with van der Waals surface area (Å²) < 4.78 is 5.91. The van der Waals surface area contributed by atoms with Gasteiger partial charge in [-0.05, 0) is 42.7 Å². The van der Waals surface area contributed by atoms with E-state index < -0.39 is 0 Å². The molecule has 0 spiro atoms. The van der Waals surface area contributed by atoms with Gasteiger partial charge in [0.2, 0.25) is 5.91 Å². The molecule has 0 saturated carbocycles. The molecule has 1 amide bonds. The molecule has 1 atom stereocenters. The lowest BCUT2D eigenvalue weighted by Crippen LogP contribution is -2.28. The molecule has 1 fully saturated rings. The summed E-state index contributed by atoms with van der Waals surface area (Å²) in [6.07, 6.45) is 10.0. The van der Waals surface area contributed by atoms with Gasteiger partial charge in [-0.2, -0.15) is 0 Å². The van der Waals surface area contributed by atoms with Crippen LogP contribution in [-0.4, -0.2) is 22.3 Å². The Morgan fingerprint density at radius 3 is 2.88 bits per heavy atom. The maximum Gasteiger partial charge on any atom is 0.247 e. The first-order valence-electron chi connectivity index (χ1n) is 9.17. The van der Waals surface area contributed by atoms with Crippen molar-refractivity contribution >= 4 is 23.0 Å². The molecule has 0 unspecified atom stereocenters. The lowest BCUT2D eigenvalue weighted by Gasteiger charge is -2.23. The fourth-order valence-corrected chi connectivity index (χ4v) is 3.77. The van der Waals surface area contributed by atoms with Crippen LogP contribution in [0.2, 0.25) is 0 Å². The van der Waals surface area contributed by atoms with Crippen molar-refractivity contribution in [3.63, 3.8) is 0 Å². The third kappa shape index (κ3) is 3.03. The zero-order valence-electron chi connectivity index (χ0n) is 14.9.